The third kappa shape index (κ3) is 2.56. The van der Waals surface area contributed by atoms with E-state index in [0.29, 0.717) is 31.7 Å². The number of carboxylic acid groups (broad SMARTS) is 2. The fourth-order valence-corrected chi connectivity index (χ4v) is 5.31. The first kappa shape index (κ1) is 16.4. The Morgan fingerprint density at radius 2 is 1.27 bits per heavy atom. The van der Waals surface area contributed by atoms with Crippen LogP contribution in [0.2, 0.25) is 0 Å². The zero-order valence-electron chi connectivity index (χ0n) is 13.0. The lowest BCUT2D eigenvalue weighted by atomic mass is 9.98. The number of aromatic nitrogens is 2. The Kier molecular flexibility index (Phi) is 3.98. The monoisotopic (exact) mass is 382 g/mol. The summed E-state index contributed by atoms with van der Waals surface area (Å²) >= 11 is 2.16. The molecular weight excluding hydrogens is 372 g/mol. The molecule has 26 heavy (non-hydrogen) atoms. The quantitative estimate of drug-likeness (QED) is 0.540. The highest BCUT2D eigenvalue weighted by atomic mass is 32.2. The molecule has 4 rings (SSSR count). The number of rotatable bonds is 4. The van der Waals surface area contributed by atoms with E-state index >= 15 is 0 Å². The van der Waals surface area contributed by atoms with Crippen molar-refractivity contribution < 1.29 is 19.8 Å². The molecule has 4 heterocycles. The minimum absolute atomic E-state index is 0.168. The molecule has 4 aromatic heterocycles. The summed E-state index contributed by atoms with van der Waals surface area (Å²) in [6.07, 6.45) is 6.37. The fraction of sp³-hybridized carbons (Fsp3) is 0. The number of thiophene rings is 2. The van der Waals surface area contributed by atoms with Crippen molar-refractivity contribution in [1.82, 2.24) is 9.97 Å². The van der Waals surface area contributed by atoms with Gasteiger partial charge in [-0.05, 0) is 12.1 Å². The van der Waals surface area contributed by atoms with Crippen LogP contribution in [0.25, 0.3) is 31.7 Å². The van der Waals surface area contributed by atoms with E-state index in [-0.39, 0.29) is 9.75 Å². The number of hydrogen-bond donors (Lipinski definition) is 2. The van der Waals surface area contributed by atoms with Crippen LogP contribution in [-0.4, -0.2) is 32.1 Å². The average Bonchev–Trinajstić information content (AvgIpc) is 3.19. The molecule has 0 unspecified atom stereocenters. The van der Waals surface area contributed by atoms with Gasteiger partial charge in [0.15, 0.2) is 0 Å². The molecule has 0 aromatic carbocycles. The van der Waals surface area contributed by atoms with Crippen molar-refractivity contribution in [3.05, 3.63) is 58.8 Å². The molecule has 0 aliphatic heterocycles. The lowest BCUT2D eigenvalue weighted by Crippen LogP contribution is -1.97. The maximum atomic E-state index is 11.8. The molecule has 0 atom stereocenters. The van der Waals surface area contributed by atoms with Crippen LogP contribution in [0.5, 0.6) is 0 Å². The Hall–Kier alpha value is -3.10. The van der Waals surface area contributed by atoms with Crippen LogP contribution in [0.3, 0.4) is 0 Å². The highest BCUT2D eigenvalue weighted by Crippen LogP contribution is 2.49. The maximum Gasteiger partial charge on any atom is 0.346 e. The van der Waals surface area contributed by atoms with Gasteiger partial charge in [-0.15, -0.1) is 22.7 Å². The van der Waals surface area contributed by atoms with E-state index in [1.165, 1.54) is 0 Å². The Labute approximate surface area is 155 Å². The molecule has 0 radical (unpaired) electrons. The van der Waals surface area contributed by atoms with Crippen LogP contribution in [0, 0.1) is 0 Å². The second-order valence-corrected chi connectivity index (χ2v) is 7.67. The smallest absolute Gasteiger partial charge is 0.346 e. The summed E-state index contributed by atoms with van der Waals surface area (Å²) in [5.74, 6) is -2.10. The van der Waals surface area contributed by atoms with Gasteiger partial charge in [0.1, 0.15) is 9.75 Å². The van der Waals surface area contributed by atoms with Crippen LogP contribution in [0.4, 0.5) is 0 Å². The molecule has 128 valence electrons. The van der Waals surface area contributed by atoms with E-state index in [1.807, 2.05) is 0 Å². The Morgan fingerprint density at radius 3 is 1.62 bits per heavy atom. The van der Waals surface area contributed by atoms with E-state index in [1.54, 1.807) is 49.1 Å². The molecule has 0 aliphatic carbocycles. The minimum atomic E-state index is -1.05. The van der Waals surface area contributed by atoms with Crippen LogP contribution < -0.4 is 0 Å². The van der Waals surface area contributed by atoms with Gasteiger partial charge in [-0.2, -0.15) is 0 Å². The summed E-state index contributed by atoms with van der Waals surface area (Å²) in [6.45, 7) is 0. The Bertz CT molecular complexity index is 1050. The van der Waals surface area contributed by atoms with Gasteiger partial charge in [0.05, 0.1) is 4.01 Å². The van der Waals surface area contributed by atoms with Gasteiger partial charge in [0, 0.05) is 52.4 Å². The van der Waals surface area contributed by atoms with Crippen LogP contribution >= 0.6 is 22.7 Å². The van der Waals surface area contributed by atoms with Gasteiger partial charge < -0.3 is 10.2 Å². The van der Waals surface area contributed by atoms with Crippen molar-refractivity contribution in [2.24, 2.45) is 0 Å². The van der Waals surface area contributed by atoms with Crippen LogP contribution in [-0.2, 0) is 0 Å². The van der Waals surface area contributed by atoms with Crippen molar-refractivity contribution in [3.63, 3.8) is 0 Å². The predicted molar refractivity (Wildman–Crippen MR) is 100 cm³/mol. The number of fused-ring (bicyclic) bond motifs is 1. The van der Waals surface area contributed by atoms with E-state index < -0.39 is 11.9 Å². The molecule has 2 N–H and O–H groups in total. The maximum absolute atomic E-state index is 11.8. The van der Waals surface area contributed by atoms with Gasteiger partial charge in [-0.1, -0.05) is 12.1 Å². The first-order chi connectivity index (χ1) is 12.6. The molecule has 0 aliphatic rings. The Balaban J connectivity index is 2.16. The van der Waals surface area contributed by atoms with E-state index in [9.17, 15) is 19.8 Å². The van der Waals surface area contributed by atoms with Gasteiger partial charge in [0.2, 0.25) is 0 Å². The SMILES string of the molecule is O=C(O)c1sc2sc(C(=O)O)c(-c3cccnc3)c2c1-c1cccnc1. The normalized spacial score (nSPS) is 10.9. The first-order valence-corrected chi connectivity index (χ1v) is 9.08. The molecule has 6 nitrogen and oxygen atoms in total. The van der Waals surface area contributed by atoms with Crippen molar-refractivity contribution in [2.75, 3.05) is 0 Å². The third-order valence-electron chi connectivity index (χ3n) is 3.84. The van der Waals surface area contributed by atoms with Crippen molar-refractivity contribution in [3.8, 4) is 22.3 Å². The average molecular weight is 382 g/mol. The standard InChI is InChI=1S/C18H10N2O4S2/c21-16(22)14-11(9-3-1-5-19-7-9)13-12(10-4-2-6-20-8-10)15(17(23)24)26-18(13)25-14/h1-8H,(H,21,22)(H,23,24). The first-order valence-electron chi connectivity index (χ1n) is 7.44. The number of aromatic carboxylic acids is 2. The van der Waals surface area contributed by atoms with E-state index in [0.717, 1.165) is 22.7 Å². The third-order valence-corrected chi connectivity index (χ3v) is 6.28. The van der Waals surface area contributed by atoms with E-state index in [2.05, 4.69) is 9.97 Å². The number of hydrogen-bond acceptors (Lipinski definition) is 6. The number of pyridine rings is 2. The van der Waals surface area contributed by atoms with Crippen molar-refractivity contribution >= 4 is 44.0 Å². The molecular formula is C18H10N2O4S2. The second kappa shape index (κ2) is 6.32. The summed E-state index contributed by atoms with van der Waals surface area (Å²) in [5, 5.41) is 19.9. The Morgan fingerprint density at radius 1 is 0.808 bits per heavy atom. The zero-order chi connectivity index (χ0) is 18.3. The number of carbonyl (C=O) groups is 2. The highest BCUT2D eigenvalue weighted by Gasteiger charge is 2.28. The molecule has 4 aromatic rings. The molecule has 0 saturated carbocycles. The van der Waals surface area contributed by atoms with Gasteiger partial charge >= 0.3 is 11.9 Å². The largest absolute Gasteiger partial charge is 0.477 e. The molecule has 0 fully saturated rings. The van der Waals surface area contributed by atoms with Crippen molar-refractivity contribution in [1.29, 1.82) is 0 Å². The number of nitrogens with zero attached hydrogens (tertiary/aromatic N) is 2. The van der Waals surface area contributed by atoms with Crippen LogP contribution in [0.15, 0.2) is 49.1 Å². The molecule has 0 spiro atoms. The number of carboxylic acids is 2. The topological polar surface area (TPSA) is 100 Å². The lowest BCUT2D eigenvalue weighted by molar-refractivity contribution is 0.0692. The minimum Gasteiger partial charge on any atom is -0.477 e. The molecule has 8 heteroatoms. The molecule has 0 saturated heterocycles. The van der Waals surface area contributed by atoms with Gasteiger partial charge in [-0.25, -0.2) is 9.59 Å². The second-order valence-electron chi connectivity index (χ2n) is 5.37. The van der Waals surface area contributed by atoms with Gasteiger partial charge in [0.25, 0.3) is 0 Å². The molecule has 0 bridgehead atoms. The summed E-state index contributed by atoms with van der Waals surface area (Å²) < 4.78 is 0.650. The summed E-state index contributed by atoms with van der Waals surface area (Å²) in [6, 6.07) is 6.98. The van der Waals surface area contributed by atoms with Gasteiger partial charge in [-0.3, -0.25) is 9.97 Å². The highest BCUT2D eigenvalue weighted by molar-refractivity contribution is 7.40. The molecule has 0 amide bonds. The predicted octanol–water partition coefficient (Wildman–Crippen LogP) is 4.48. The summed E-state index contributed by atoms with van der Waals surface area (Å²) in [5.41, 5.74) is 2.26. The van der Waals surface area contributed by atoms with Crippen LogP contribution in [0.1, 0.15) is 19.3 Å². The lowest BCUT2D eigenvalue weighted by Gasteiger charge is -2.06. The summed E-state index contributed by atoms with van der Waals surface area (Å²) in [4.78, 5) is 32.1. The summed E-state index contributed by atoms with van der Waals surface area (Å²) in [7, 11) is 0. The van der Waals surface area contributed by atoms with Crippen molar-refractivity contribution in [2.45, 2.75) is 0 Å². The van der Waals surface area contributed by atoms with E-state index in [4.69, 9.17) is 0 Å². The fourth-order valence-electron chi connectivity index (χ4n) is 2.84. The zero-order valence-corrected chi connectivity index (χ0v) is 14.7.